The largest absolute Gasteiger partial charge is 0.493 e. The first-order chi connectivity index (χ1) is 13.2. The summed E-state index contributed by atoms with van der Waals surface area (Å²) in [5, 5.41) is 7.25. The lowest BCUT2D eigenvalue weighted by Gasteiger charge is -2.32. The SMILES string of the molecule is COc1ccccc1OC1CCN(C(=O)NCCCn2cc(C)cn2)CC1. The van der Waals surface area contributed by atoms with Crippen molar-refractivity contribution in [2.24, 2.45) is 0 Å². The van der Waals surface area contributed by atoms with E-state index in [1.54, 1.807) is 7.11 Å². The van der Waals surface area contributed by atoms with Crippen molar-refractivity contribution in [3.05, 3.63) is 42.2 Å². The first kappa shape index (κ1) is 19.1. The molecule has 1 aromatic heterocycles. The van der Waals surface area contributed by atoms with E-state index in [1.807, 2.05) is 53.2 Å². The summed E-state index contributed by atoms with van der Waals surface area (Å²) in [7, 11) is 1.64. The quantitative estimate of drug-likeness (QED) is 0.759. The average molecular weight is 372 g/mol. The zero-order valence-electron chi connectivity index (χ0n) is 16.1. The molecule has 0 bridgehead atoms. The highest BCUT2D eigenvalue weighted by Gasteiger charge is 2.24. The van der Waals surface area contributed by atoms with Crippen molar-refractivity contribution in [1.82, 2.24) is 20.0 Å². The molecule has 27 heavy (non-hydrogen) atoms. The van der Waals surface area contributed by atoms with E-state index in [0.29, 0.717) is 19.6 Å². The van der Waals surface area contributed by atoms with E-state index in [2.05, 4.69) is 10.4 Å². The molecule has 1 N–H and O–H groups in total. The van der Waals surface area contributed by atoms with Gasteiger partial charge in [-0.2, -0.15) is 5.10 Å². The first-order valence-corrected chi connectivity index (χ1v) is 9.47. The molecule has 146 valence electrons. The summed E-state index contributed by atoms with van der Waals surface area (Å²) < 4.78 is 13.3. The van der Waals surface area contributed by atoms with Crippen LogP contribution in [0.4, 0.5) is 4.79 Å². The van der Waals surface area contributed by atoms with E-state index in [0.717, 1.165) is 42.9 Å². The molecule has 2 heterocycles. The molecule has 0 spiro atoms. The highest BCUT2D eigenvalue weighted by Crippen LogP contribution is 2.28. The van der Waals surface area contributed by atoms with Crippen molar-refractivity contribution < 1.29 is 14.3 Å². The highest BCUT2D eigenvalue weighted by atomic mass is 16.5. The van der Waals surface area contributed by atoms with Gasteiger partial charge in [0.2, 0.25) is 0 Å². The molecule has 0 aliphatic carbocycles. The number of amides is 2. The standard InChI is InChI=1S/C20H28N4O3/c1-16-14-22-24(15-16)11-5-10-21-20(25)23-12-8-17(9-13-23)27-19-7-4-3-6-18(19)26-2/h3-4,6-7,14-15,17H,5,8-13H2,1-2H3,(H,21,25). The van der Waals surface area contributed by atoms with Gasteiger partial charge in [0.1, 0.15) is 6.10 Å². The van der Waals surface area contributed by atoms with Gasteiger partial charge in [0.25, 0.3) is 0 Å². The van der Waals surface area contributed by atoms with Gasteiger partial charge in [0, 0.05) is 45.2 Å². The molecular weight excluding hydrogens is 344 g/mol. The second-order valence-electron chi connectivity index (χ2n) is 6.82. The number of methoxy groups -OCH3 is 1. The number of carbonyl (C=O) groups is 1. The molecule has 1 aromatic carbocycles. The second kappa shape index (κ2) is 9.30. The number of nitrogens with zero attached hydrogens (tertiary/aromatic N) is 3. The maximum absolute atomic E-state index is 12.3. The number of rotatable bonds is 7. The number of hydrogen-bond acceptors (Lipinski definition) is 4. The predicted octanol–water partition coefficient (Wildman–Crippen LogP) is 2.84. The fourth-order valence-corrected chi connectivity index (χ4v) is 3.21. The van der Waals surface area contributed by atoms with Gasteiger partial charge in [-0.1, -0.05) is 12.1 Å². The van der Waals surface area contributed by atoms with Crippen LogP contribution in [-0.4, -0.2) is 53.6 Å². The number of aryl methyl sites for hydroxylation is 2. The molecule has 3 rings (SSSR count). The van der Waals surface area contributed by atoms with Crippen LogP contribution in [0.1, 0.15) is 24.8 Å². The van der Waals surface area contributed by atoms with Crippen LogP contribution in [0.15, 0.2) is 36.7 Å². The Morgan fingerprint density at radius 1 is 1.26 bits per heavy atom. The Hall–Kier alpha value is -2.70. The maximum Gasteiger partial charge on any atom is 0.317 e. The summed E-state index contributed by atoms with van der Waals surface area (Å²) in [4.78, 5) is 14.2. The lowest BCUT2D eigenvalue weighted by molar-refractivity contribution is 0.108. The van der Waals surface area contributed by atoms with Crippen LogP contribution >= 0.6 is 0 Å². The number of ether oxygens (including phenoxy) is 2. The Morgan fingerprint density at radius 2 is 2.00 bits per heavy atom. The molecule has 2 amide bonds. The Bertz CT molecular complexity index is 738. The van der Waals surface area contributed by atoms with Crippen LogP contribution in [0, 0.1) is 6.92 Å². The van der Waals surface area contributed by atoms with Crippen LogP contribution in [0.3, 0.4) is 0 Å². The molecule has 1 aliphatic rings. The Morgan fingerprint density at radius 3 is 2.67 bits per heavy atom. The fraction of sp³-hybridized carbons (Fsp3) is 0.500. The summed E-state index contributed by atoms with van der Waals surface area (Å²) >= 11 is 0. The average Bonchev–Trinajstić information content (AvgIpc) is 3.11. The minimum Gasteiger partial charge on any atom is -0.493 e. The van der Waals surface area contributed by atoms with Crippen LogP contribution in [0.2, 0.25) is 0 Å². The molecule has 1 aliphatic heterocycles. The summed E-state index contributed by atoms with van der Waals surface area (Å²) in [5.74, 6) is 1.50. The van der Waals surface area contributed by atoms with Crippen LogP contribution < -0.4 is 14.8 Å². The Balaban J connectivity index is 1.36. The topological polar surface area (TPSA) is 68.6 Å². The lowest BCUT2D eigenvalue weighted by Crippen LogP contribution is -2.46. The van der Waals surface area contributed by atoms with Crippen molar-refractivity contribution in [3.8, 4) is 11.5 Å². The fourth-order valence-electron chi connectivity index (χ4n) is 3.21. The van der Waals surface area contributed by atoms with Gasteiger partial charge >= 0.3 is 6.03 Å². The van der Waals surface area contributed by atoms with Gasteiger partial charge in [-0.15, -0.1) is 0 Å². The number of urea groups is 1. The van der Waals surface area contributed by atoms with Gasteiger partial charge in [-0.3, -0.25) is 4.68 Å². The van der Waals surface area contributed by atoms with Crippen LogP contribution in [0.5, 0.6) is 11.5 Å². The van der Waals surface area contributed by atoms with Crippen molar-refractivity contribution in [1.29, 1.82) is 0 Å². The molecule has 1 fully saturated rings. The minimum atomic E-state index is 0.00221. The number of para-hydroxylation sites is 2. The molecule has 0 atom stereocenters. The molecule has 0 unspecified atom stereocenters. The molecule has 7 heteroatoms. The van der Waals surface area contributed by atoms with Gasteiger partial charge in [0.15, 0.2) is 11.5 Å². The summed E-state index contributed by atoms with van der Waals surface area (Å²) in [5.41, 5.74) is 1.15. The normalized spacial score (nSPS) is 14.8. The van der Waals surface area contributed by atoms with Crippen LogP contribution in [-0.2, 0) is 6.54 Å². The van der Waals surface area contributed by atoms with E-state index in [4.69, 9.17) is 9.47 Å². The molecule has 7 nitrogen and oxygen atoms in total. The third kappa shape index (κ3) is 5.39. The smallest absolute Gasteiger partial charge is 0.317 e. The second-order valence-corrected chi connectivity index (χ2v) is 6.82. The maximum atomic E-state index is 12.3. The van der Waals surface area contributed by atoms with Crippen LogP contribution in [0.25, 0.3) is 0 Å². The molecule has 0 radical (unpaired) electrons. The van der Waals surface area contributed by atoms with Crippen molar-refractivity contribution in [2.45, 2.75) is 38.8 Å². The zero-order chi connectivity index (χ0) is 19.1. The highest BCUT2D eigenvalue weighted by molar-refractivity contribution is 5.74. The van der Waals surface area contributed by atoms with Gasteiger partial charge in [0.05, 0.1) is 13.3 Å². The van der Waals surface area contributed by atoms with E-state index in [-0.39, 0.29) is 12.1 Å². The predicted molar refractivity (Wildman–Crippen MR) is 103 cm³/mol. The number of piperidine rings is 1. The molecule has 0 saturated carbocycles. The summed E-state index contributed by atoms with van der Waals surface area (Å²) in [6.45, 7) is 4.87. The minimum absolute atomic E-state index is 0.00221. The number of nitrogens with one attached hydrogen (secondary N) is 1. The summed E-state index contributed by atoms with van der Waals surface area (Å²) in [6.07, 6.45) is 6.45. The van der Waals surface area contributed by atoms with Crippen molar-refractivity contribution >= 4 is 6.03 Å². The number of aromatic nitrogens is 2. The number of carbonyl (C=O) groups excluding carboxylic acids is 1. The molecule has 1 saturated heterocycles. The van der Waals surface area contributed by atoms with Gasteiger partial charge < -0.3 is 19.7 Å². The van der Waals surface area contributed by atoms with E-state index in [9.17, 15) is 4.79 Å². The molecule has 2 aromatic rings. The summed E-state index contributed by atoms with van der Waals surface area (Å²) in [6, 6.07) is 7.67. The number of benzene rings is 1. The van der Waals surface area contributed by atoms with E-state index in [1.165, 1.54) is 0 Å². The third-order valence-corrected chi connectivity index (χ3v) is 4.69. The van der Waals surface area contributed by atoms with Gasteiger partial charge in [-0.25, -0.2) is 4.79 Å². The first-order valence-electron chi connectivity index (χ1n) is 9.47. The number of likely N-dealkylation sites (tertiary alicyclic amines) is 1. The van der Waals surface area contributed by atoms with E-state index < -0.39 is 0 Å². The van der Waals surface area contributed by atoms with Gasteiger partial charge in [-0.05, 0) is 31.0 Å². The monoisotopic (exact) mass is 372 g/mol. The lowest BCUT2D eigenvalue weighted by atomic mass is 10.1. The Labute approximate surface area is 160 Å². The van der Waals surface area contributed by atoms with Crippen molar-refractivity contribution in [2.75, 3.05) is 26.7 Å². The Kier molecular flexibility index (Phi) is 6.57. The van der Waals surface area contributed by atoms with E-state index >= 15 is 0 Å². The third-order valence-electron chi connectivity index (χ3n) is 4.69. The molecular formula is C20H28N4O3. The van der Waals surface area contributed by atoms with Crippen molar-refractivity contribution in [3.63, 3.8) is 0 Å². The zero-order valence-corrected chi connectivity index (χ0v) is 16.1. The number of hydrogen-bond donors (Lipinski definition) is 1.